The number of aliphatic imine (C=N–C) groups is 1. The summed E-state index contributed by atoms with van der Waals surface area (Å²) in [5.41, 5.74) is 1.79. The first kappa shape index (κ1) is 12.5. The summed E-state index contributed by atoms with van der Waals surface area (Å²) in [5, 5.41) is 0.236. The fourth-order valence-corrected chi connectivity index (χ4v) is 2.68. The molecule has 92 valence electrons. The second-order valence-corrected chi connectivity index (χ2v) is 6.43. The monoisotopic (exact) mass is 273 g/mol. The van der Waals surface area contributed by atoms with E-state index in [0.717, 1.165) is 11.3 Å². The van der Waals surface area contributed by atoms with Crippen LogP contribution in [-0.2, 0) is 15.5 Å². The highest BCUT2D eigenvalue weighted by Crippen LogP contribution is 2.45. The van der Waals surface area contributed by atoms with Crippen molar-refractivity contribution in [3.05, 3.63) is 22.7 Å². The topological polar surface area (TPSA) is 66.7 Å². The standard InChI is InChI=1S/C11H12ClNO3S/c1-6-11(2,3)8-4-7(17(14,15)16)5-9(12)10(8)13-6/h4-5H,1-3H3,(H,14,15,16). The SMILES string of the molecule is CC1=Nc2c(Cl)cc(S(=O)(=O)O)cc2C1(C)C. The van der Waals surface area contributed by atoms with Crippen LogP contribution in [0.15, 0.2) is 22.0 Å². The quantitative estimate of drug-likeness (QED) is 0.800. The maximum Gasteiger partial charge on any atom is 0.294 e. The Morgan fingerprint density at radius 2 is 1.94 bits per heavy atom. The normalized spacial score (nSPS) is 17.8. The minimum atomic E-state index is -4.25. The molecule has 0 saturated carbocycles. The predicted octanol–water partition coefficient (Wildman–Crippen LogP) is 2.97. The average molecular weight is 274 g/mol. The molecule has 0 spiro atoms. The molecule has 0 aromatic heterocycles. The van der Waals surface area contributed by atoms with Gasteiger partial charge in [-0.15, -0.1) is 0 Å². The summed E-state index contributed by atoms with van der Waals surface area (Å²) in [5.74, 6) is 0. The first-order valence-corrected chi connectivity index (χ1v) is 6.83. The lowest BCUT2D eigenvalue weighted by molar-refractivity contribution is 0.483. The molecule has 1 heterocycles. The van der Waals surface area contributed by atoms with Crippen molar-refractivity contribution in [3.8, 4) is 0 Å². The molecule has 0 amide bonds. The molecule has 0 bridgehead atoms. The van der Waals surface area contributed by atoms with E-state index in [1.807, 2.05) is 20.8 Å². The van der Waals surface area contributed by atoms with Crippen molar-refractivity contribution in [2.45, 2.75) is 31.1 Å². The van der Waals surface area contributed by atoms with Gasteiger partial charge in [0.25, 0.3) is 10.1 Å². The van der Waals surface area contributed by atoms with Crippen LogP contribution in [0.3, 0.4) is 0 Å². The molecule has 0 fully saturated rings. The van der Waals surface area contributed by atoms with Gasteiger partial charge in [0.15, 0.2) is 0 Å². The summed E-state index contributed by atoms with van der Waals surface area (Å²) in [7, 11) is -4.25. The van der Waals surface area contributed by atoms with Gasteiger partial charge >= 0.3 is 0 Å². The van der Waals surface area contributed by atoms with E-state index in [-0.39, 0.29) is 15.3 Å². The average Bonchev–Trinajstić information content (AvgIpc) is 2.39. The van der Waals surface area contributed by atoms with Gasteiger partial charge in [0.2, 0.25) is 0 Å². The van der Waals surface area contributed by atoms with Gasteiger partial charge in [-0.05, 0) is 24.6 Å². The second kappa shape index (κ2) is 3.54. The van der Waals surface area contributed by atoms with Crippen molar-refractivity contribution < 1.29 is 13.0 Å². The van der Waals surface area contributed by atoms with Crippen LogP contribution < -0.4 is 0 Å². The van der Waals surface area contributed by atoms with E-state index in [1.54, 1.807) is 0 Å². The van der Waals surface area contributed by atoms with Crippen LogP contribution in [-0.4, -0.2) is 18.7 Å². The lowest BCUT2D eigenvalue weighted by Crippen LogP contribution is -2.23. The van der Waals surface area contributed by atoms with Gasteiger partial charge in [-0.3, -0.25) is 9.55 Å². The van der Waals surface area contributed by atoms with Gasteiger partial charge in [-0.1, -0.05) is 25.4 Å². The van der Waals surface area contributed by atoms with Crippen molar-refractivity contribution in [2.75, 3.05) is 0 Å². The minimum absolute atomic E-state index is 0.195. The highest BCUT2D eigenvalue weighted by Gasteiger charge is 2.34. The van der Waals surface area contributed by atoms with Crippen molar-refractivity contribution >= 4 is 33.1 Å². The fourth-order valence-electron chi connectivity index (χ4n) is 1.82. The number of benzene rings is 1. The van der Waals surface area contributed by atoms with Crippen LogP contribution in [0.5, 0.6) is 0 Å². The van der Waals surface area contributed by atoms with E-state index in [2.05, 4.69) is 4.99 Å². The number of rotatable bonds is 1. The van der Waals surface area contributed by atoms with Crippen LogP contribution in [0.2, 0.25) is 5.02 Å². The smallest absolute Gasteiger partial charge is 0.282 e. The fraction of sp³-hybridized carbons (Fsp3) is 0.364. The van der Waals surface area contributed by atoms with Crippen LogP contribution >= 0.6 is 11.6 Å². The highest BCUT2D eigenvalue weighted by atomic mass is 35.5. The molecule has 0 aliphatic carbocycles. The Morgan fingerprint density at radius 3 is 2.47 bits per heavy atom. The zero-order valence-corrected chi connectivity index (χ0v) is 11.2. The van der Waals surface area contributed by atoms with E-state index < -0.39 is 10.1 Å². The number of halogens is 1. The Kier molecular flexibility index (Phi) is 2.61. The number of fused-ring (bicyclic) bond motifs is 1. The molecule has 1 aliphatic heterocycles. The minimum Gasteiger partial charge on any atom is -0.282 e. The van der Waals surface area contributed by atoms with Crippen molar-refractivity contribution in [1.29, 1.82) is 0 Å². The van der Waals surface area contributed by atoms with Crippen LogP contribution in [0, 0.1) is 0 Å². The molecule has 0 atom stereocenters. The lowest BCUT2D eigenvalue weighted by atomic mass is 9.82. The first-order chi connectivity index (χ1) is 7.64. The third kappa shape index (κ3) is 1.88. The number of hydrogen-bond acceptors (Lipinski definition) is 3. The van der Waals surface area contributed by atoms with Crippen molar-refractivity contribution in [1.82, 2.24) is 0 Å². The highest BCUT2D eigenvalue weighted by molar-refractivity contribution is 7.85. The van der Waals surface area contributed by atoms with E-state index in [9.17, 15) is 8.42 Å². The number of hydrogen-bond donors (Lipinski definition) is 1. The van der Waals surface area contributed by atoms with Gasteiger partial charge in [0.1, 0.15) is 0 Å². The van der Waals surface area contributed by atoms with E-state index in [4.69, 9.17) is 16.2 Å². The zero-order valence-electron chi connectivity index (χ0n) is 9.65. The Balaban J connectivity index is 2.77. The first-order valence-electron chi connectivity index (χ1n) is 5.01. The van der Waals surface area contributed by atoms with E-state index >= 15 is 0 Å². The predicted molar refractivity (Wildman–Crippen MR) is 67.1 cm³/mol. The summed E-state index contributed by atoms with van der Waals surface area (Å²) >= 11 is 5.99. The molecule has 1 aliphatic rings. The summed E-state index contributed by atoms with van der Waals surface area (Å²) in [6.45, 7) is 5.73. The largest absolute Gasteiger partial charge is 0.294 e. The zero-order chi connectivity index (χ0) is 13.0. The molecule has 2 rings (SSSR count). The van der Waals surface area contributed by atoms with Crippen LogP contribution in [0.25, 0.3) is 0 Å². The molecule has 0 saturated heterocycles. The maximum atomic E-state index is 11.1. The van der Waals surface area contributed by atoms with Crippen LogP contribution in [0.1, 0.15) is 26.3 Å². The lowest BCUT2D eigenvalue weighted by Gasteiger charge is -2.20. The maximum absolute atomic E-state index is 11.1. The van der Waals surface area contributed by atoms with Gasteiger partial charge < -0.3 is 0 Å². The summed E-state index contributed by atoms with van der Waals surface area (Å²) in [6, 6.07) is 2.64. The third-order valence-corrected chi connectivity index (χ3v) is 4.31. The Labute approximate surface area is 105 Å². The van der Waals surface area contributed by atoms with Crippen LogP contribution in [0.4, 0.5) is 5.69 Å². The molecule has 1 N–H and O–H groups in total. The molecule has 17 heavy (non-hydrogen) atoms. The molecule has 4 nitrogen and oxygen atoms in total. The Hall–Kier alpha value is -0.910. The molecular weight excluding hydrogens is 262 g/mol. The molecule has 0 unspecified atom stereocenters. The summed E-state index contributed by atoms with van der Waals surface area (Å²) in [6.07, 6.45) is 0. The molecule has 1 aromatic carbocycles. The van der Waals surface area contributed by atoms with Crippen molar-refractivity contribution in [3.63, 3.8) is 0 Å². The molecule has 6 heteroatoms. The molecule has 0 radical (unpaired) electrons. The van der Waals surface area contributed by atoms with Gasteiger partial charge in [-0.25, -0.2) is 0 Å². The van der Waals surface area contributed by atoms with Gasteiger partial charge in [-0.2, -0.15) is 8.42 Å². The Bertz CT molecular complexity index is 632. The second-order valence-electron chi connectivity index (χ2n) is 4.60. The van der Waals surface area contributed by atoms with E-state index in [0.29, 0.717) is 5.69 Å². The van der Waals surface area contributed by atoms with Crippen molar-refractivity contribution in [2.24, 2.45) is 4.99 Å². The van der Waals surface area contributed by atoms with Gasteiger partial charge in [0.05, 0.1) is 15.6 Å². The van der Waals surface area contributed by atoms with Gasteiger partial charge in [0, 0.05) is 11.1 Å². The van der Waals surface area contributed by atoms with E-state index in [1.165, 1.54) is 12.1 Å². The summed E-state index contributed by atoms with van der Waals surface area (Å²) < 4.78 is 31.3. The number of nitrogens with zero attached hydrogens (tertiary/aromatic N) is 1. The molecule has 1 aromatic rings. The molecular formula is C11H12ClNO3S. The third-order valence-electron chi connectivity index (χ3n) is 3.19. The summed E-state index contributed by atoms with van der Waals surface area (Å²) in [4.78, 5) is 4.14. The Morgan fingerprint density at radius 1 is 1.35 bits per heavy atom.